The minimum atomic E-state index is 0.482. The predicted octanol–water partition coefficient (Wildman–Crippen LogP) is 5.27. The molecule has 146 valence electrons. The number of aromatic nitrogens is 2. The fourth-order valence-electron chi connectivity index (χ4n) is 3.14. The maximum atomic E-state index is 5.38. The van der Waals surface area contributed by atoms with Crippen LogP contribution in [0.15, 0.2) is 72.8 Å². The Bertz CT molecular complexity index is 1100. The zero-order valence-corrected chi connectivity index (χ0v) is 16.3. The van der Waals surface area contributed by atoms with Gasteiger partial charge < -0.3 is 20.1 Å². The van der Waals surface area contributed by atoms with Crippen LogP contribution in [0.25, 0.3) is 10.9 Å². The average molecular weight is 386 g/mol. The molecule has 0 saturated heterocycles. The molecule has 1 heterocycles. The molecule has 0 fully saturated rings. The monoisotopic (exact) mass is 386 g/mol. The summed E-state index contributed by atoms with van der Waals surface area (Å²) < 4.78 is 10.6. The molecule has 0 aliphatic heterocycles. The molecule has 0 atom stereocenters. The Morgan fingerprint density at radius 1 is 0.759 bits per heavy atom. The molecule has 6 heteroatoms. The Morgan fingerprint density at radius 2 is 1.52 bits per heavy atom. The molecular formula is C23H22N4O2. The summed E-state index contributed by atoms with van der Waals surface area (Å²) in [5.74, 6) is 2.03. The number of fused-ring (bicyclic) bond motifs is 1. The molecule has 4 rings (SSSR count). The molecule has 6 nitrogen and oxygen atoms in total. The van der Waals surface area contributed by atoms with Crippen LogP contribution in [0.1, 0.15) is 5.56 Å². The maximum absolute atomic E-state index is 5.38. The van der Waals surface area contributed by atoms with Crippen molar-refractivity contribution in [2.24, 2.45) is 0 Å². The molecule has 0 saturated carbocycles. The van der Waals surface area contributed by atoms with Crippen molar-refractivity contribution in [3.8, 4) is 5.75 Å². The van der Waals surface area contributed by atoms with Crippen molar-refractivity contribution in [3.05, 3.63) is 78.4 Å². The molecule has 0 aliphatic carbocycles. The Kier molecular flexibility index (Phi) is 5.54. The van der Waals surface area contributed by atoms with Gasteiger partial charge in [-0.25, -0.2) is 4.98 Å². The normalized spacial score (nSPS) is 10.7. The minimum Gasteiger partial charge on any atom is -0.497 e. The van der Waals surface area contributed by atoms with Gasteiger partial charge in [0, 0.05) is 23.9 Å². The summed E-state index contributed by atoms with van der Waals surface area (Å²) in [6.45, 7) is 0.482. The highest BCUT2D eigenvalue weighted by Gasteiger charge is 2.12. The van der Waals surface area contributed by atoms with Crippen LogP contribution >= 0.6 is 0 Å². The highest BCUT2D eigenvalue weighted by Crippen LogP contribution is 2.30. The van der Waals surface area contributed by atoms with Crippen LogP contribution in [0.3, 0.4) is 0 Å². The van der Waals surface area contributed by atoms with Crippen molar-refractivity contribution in [2.45, 2.75) is 6.61 Å². The number of hydrogen-bond acceptors (Lipinski definition) is 6. The van der Waals surface area contributed by atoms with E-state index in [-0.39, 0.29) is 0 Å². The fraction of sp³-hybridized carbons (Fsp3) is 0.130. The van der Waals surface area contributed by atoms with Crippen LogP contribution in [0.4, 0.5) is 23.1 Å². The third kappa shape index (κ3) is 4.28. The molecule has 0 amide bonds. The van der Waals surface area contributed by atoms with E-state index >= 15 is 0 Å². The molecule has 29 heavy (non-hydrogen) atoms. The molecular weight excluding hydrogens is 364 g/mol. The van der Waals surface area contributed by atoms with Gasteiger partial charge in [0.05, 0.1) is 19.2 Å². The summed E-state index contributed by atoms with van der Waals surface area (Å²) >= 11 is 0. The standard InChI is InChI=1S/C23H22N4O2/c1-28-15-16-7-6-10-20-21(16)22(24-17-8-4-3-5-9-17)27-23(26-20)25-18-11-13-19(29-2)14-12-18/h3-14H,15H2,1-2H3,(H2,24,25,26,27). The van der Waals surface area contributed by atoms with E-state index < -0.39 is 0 Å². The lowest BCUT2D eigenvalue weighted by atomic mass is 10.1. The number of methoxy groups -OCH3 is 2. The first-order valence-electron chi connectivity index (χ1n) is 9.28. The van der Waals surface area contributed by atoms with Gasteiger partial charge in [0.15, 0.2) is 0 Å². The van der Waals surface area contributed by atoms with Crippen LogP contribution in [0, 0.1) is 0 Å². The van der Waals surface area contributed by atoms with Crippen molar-refractivity contribution in [2.75, 3.05) is 24.9 Å². The zero-order valence-electron chi connectivity index (χ0n) is 16.3. The molecule has 0 aliphatic rings. The van der Waals surface area contributed by atoms with Crippen LogP contribution in [0.2, 0.25) is 0 Å². The number of benzene rings is 3. The summed E-state index contributed by atoms with van der Waals surface area (Å²) in [6.07, 6.45) is 0. The van der Waals surface area contributed by atoms with Gasteiger partial charge in [-0.15, -0.1) is 0 Å². The second-order valence-corrected chi connectivity index (χ2v) is 6.48. The van der Waals surface area contributed by atoms with E-state index in [0.29, 0.717) is 12.6 Å². The summed E-state index contributed by atoms with van der Waals surface area (Å²) in [5, 5.41) is 7.64. The van der Waals surface area contributed by atoms with Gasteiger partial charge in [-0.05, 0) is 48.0 Å². The maximum Gasteiger partial charge on any atom is 0.229 e. The molecule has 0 bridgehead atoms. The quantitative estimate of drug-likeness (QED) is 0.451. The topological polar surface area (TPSA) is 68.3 Å². The van der Waals surface area contributed by atoms with Crippen molar-refractivity contribution >= 4 is 34.0 Å². The predicted molar refractivity (Wildman–Crippen MR) is 116 cm³/mol. The van der Waals surface area contributed by atoms with Gasteiger partial charge in [0.1, 0.15) is 11.6 Å². The first kappa shape index (κ1) is 18.7. The fourth-order valence-corrected chi connectivity index (χ4v) is 3.14. The molecule has 4 aromatic rings. The van der Waals surface area contributed by atoms with Gasteiger partial charge in [0.2, 0.25) is 5.95 Å². The van der Waals surface area contributed by atoms with Gasteiger partial charge in [0.25, 0.3) is 0 Å². The second kappa shape index (κ2) is 8.58. The zero-order chi connectivity index (χ0) is 20.1. The van der Waals surface area contributed by atoms with E-state index in [4.69, 9.17) is 19.4 Å². The lowest BCUT2D eigenvalue weighted by Gasteiger charge is -2.14. The Balaban J connectivity index is 1.77. The van der Waals surface area contributed by atoms with Crippen LogP contribution in [0.5, 0.6) is 5.75 Å². The van der Waals surface area contributed by atoms with Crippen LogP contribution < -0.4 is 15.4 Å². The van der Waals surface area contributed by atoms with E-state index in [1.807, 2.05) is 72.8 Å². The summed E-state index contributed by atoms with van der Waals surface area (Å²) in [7, 11) is 3.33. The van der Waals surface area contributed by atoms with E-state index in [9.17, 15) is 0 Å². The van der Waals surface area contributed by atoms with Gasteiger partial charge in [-0.3, -0.25) is 0 Å². The molecule has 0 spiro atoms. The summed E-state index contributed by atoms with van der Waals surface area (Å²) in [4.78, 5) is 9.47. The van der Waals surface area contributed by atoms with E-state index in [1.165, 1.54) is 0 Å². The van der Waals surface area contributed by atoms with Crippen molar-refractivity contribution in [3.63, 3.8) is 0 Å². The van der Waals surface area contributed by atoms with Crippen molar-refractivity contribution in [1.82, 2.24) is 9.97 Å². The Labute approximate surface area is 169 Å². The third-order valence-corrected chi connectivity index (χ3v) is 4.49. The van der Waals surface area contributed by atoms with Crippen molar-refractivity contribution in [1.29, 1.82) is 0 Å². The Morgan fingerprint density at radius 3 is 2.24 bits per heavy atom. The number of rotatable bonds is 7. The molecule has 0 unspecified atom stereocenters. The van der Waals surface area contributed by atoms with Crippen molar-refractivity contribution < 1.29 is 9.47 Å². The van der Waals surface area contributed by atoms with E-state index in [1.54, 1.807) is 14.2 Å². The van der Waals surface area contributed by atoms with Gasteiger partial charge >= 0.3 is 0 Å². The largest absolute Gasteiger partial charge is 0.497 e. The number of para-hydroxylation sites is 1. The SMILES string of the molecule is COCc1cccc2nc(Nc3ccc(OC)cc3)nc(Nc3ccccc3)c12. The highest BCUT2D eigenvalue weighted by atomic mass is 16.5. The number of nitrogens with zero attached hydrogens (tertiary/aromatic N) is 2. The lowest BCUT2D eigenvalue weighted by molar-refractivity contribution is 0.186. The lowest BCUT2D eigenvalue weighted by Crippen LogP contribution is -2.04. The number of nitrogens with one attached hydrogen (secondary N) is 2. The Hall–Kier alpha value is -3.64. The smallest absolute Gasteiger partial charge is 0.229 e. The van der Waals surface area contributed by atoms with Gasteiger partial charge in [-0.2, -0.15) is 4.98 Å². The van der Waals surface area contributed by atoms with Crippen LogP contribution in [-0.2, 0) is 11.3 Å². The third-order valence-electron chi connectivity index (χ3n) is 4.49. The molecule has 3 aromatic carbocycles. The molecule has 0 radical (unpaired) electrons. The van der Waals surface area contributed by atoms with E-state index in [0.717, 1.165) is 39.4 Å². The average Bonchev–Trinajstić information content (AvgIpc) is 2.75. The first-order chi connectivity index (χ1) is 14.3. The van der Waals surface area contributed by atoms with E-state index in [2.05, 4.69) is 10.6 Å². The number of anilines is 4. The second-order valence-electron chi connectivity index (χ2n) is 6.48. The van der Waals surface area contributed by atoms with Gasteiger partial charge in [-0.1, -0.05) is 30.3 Å². The number of hydrogen-bond donors (Lipinski definition) is 2. The van der Waals surface area contributed by atoms with Crippen LogP contribution in [-0.4, -0.2) is 24.2 Å². The molecule has 1 aromatic heterocycles. The molecule has 2 N–H and O–H groups in total. The minimum absolute atomic E-state index is 0.482. The summed E-state index contributed by atoms with van der Waals surface area (Å²) in [6, 6.07) is 23.6. The summed E-state index contributed by atoms with van der Waals surface area (Å²) in [5.41, 5.74) is 3.70. The highest BCUT2D eigenvalue weighted by molar-refractivity contribution is 5.94. The first-order valence-corrected chi connectivity index (χ1v) is 9.28. The number of ether oxygens (including phenoxy) is 2.